The first-order chi connectivity index (χ1) is 21.3. The number of aromatic nitrogens is 1. The smallest absolute Gasteiger partial charge is 0.420 e. The summed E-state index contributed by atoms with van der Waals surface area (Å²) in [5, 5.41) is 0. The molecule has 3 aromatic carbocycles. The lowest BCUT2D eigenvalue weighted by molar-refractivity contribution is 0.0602. The summed E-state index contributed by atoms with van der Waals surface area (Å²) in [6, 6.07) is 20.2. The van der Waals surface area contributed by atoms with Crippen molar-refractivity contribution in [1.29, 1.82) is 0 Å². The third-order valence-electron chi connectivity index (χ3n) is 9.33. The molecule has 0 radical (unpaired) electrons. The SMILES string of the molecule is CC(c1ccc(S(=O)(=O)c2cccc(OCCn3c(=O)oc4cc(CN)ccc43)c2)cc1)N1CCN(C2CCCCC2)CC1. The Hall–Kier alpha value is -3.44. The first kappa shape index (κ1) is 30.6. The van der Waals surface area contributed by atoms with E-state index < -0.39 is 15.6 Å². The maximum atomic E-state index is 13.5. The molecule has 1 aliphatic heterocycles. The average Bonchev–Trinajstić information content (AvgIpc) is 3.38. The molecule has 2 fully saturated rings. The van der Waals surface area contributed by atoms with Crippen LogP contribution >= 0.6 is 0 Å². The van der Waals surface area contributed by atoms with Gasteiger partial charge in [-0.3, -0.25) is 14.4 Å². The van der Waals surface area contributed by atoms with Gasteiger partial charge in [-0.05, 0) is 73.4 Å². The number of rotatable bonds is 10. The molecule has 1 aliphatic carbocycles. The largest absolute Gasteiger partial charge is 0.492 e. The van der Waals surface area contributed by atoms with Crippen LogP contribution < -0.4 is 16.2 Å². The maximum absolute atomic E-state index is 13.5. The standard InChI is InChI=1S/C34H42N4O5S/c1-25(36-16-18-37(19-17-36)28-6-3-2-4-7-28)27-11-13-30(14-12-27)44(40,41)31-9-5-8-29(23-31)42-21-20-38-32-15-10-26(24-35)22-33(32)43-34(38)39/h5,8-15,22-23,25,28H,2-4,6-7,16-21,24,35H2,1H3. The predicted molar refractivity (Wildman–Crippen MR) is 171 cm³/mol. The van der Waals surface area contributed by atoms with Gasteiger partial charge in [-0.15, -0.1) is 0 Å². The molecule has 6 rings (SSSR count). The first-order valence-electron chi connectivity index (χ1n) is 15.7. The van der Waals surface area contributed by atoms with E-state index in [0.717, 1.165) is 43.3 Å². The fourth-order valence-corrected chi connectivity index (χ4v) is 7.94. The van der Waals surface area contributed by atoms with Gasteiger partial charge in [0.15, 0.2) is 5.58 Å². The lowest BCUT2D eigenvalue weighted by Crippen LogP contribution is -2.51. The number of fused-ring (bicyclic) bond motifs is 1. The maximum Gasteiger partial charge on any atom is 0.420 e. The summed E-state index contributed by atoms with van der Waals surface area (Å²) < 4.78 is 39.8. The van der Waals surface area contributed by atoms with Crippen LogP contribution in [-0.4, -0.2) is 61.6 Å². The lowest BCUT2D eigenvalue weighted by Gasteiger charge is -2.42. The van der Waals surface area contributed by atoms with Crippen molar-refractivity contribution in [2.24, 2.45) is 5.73 Å². The van der Waals surface area contributed by atoms with Crippen molar-refractivity contribution in [2.75, 3.05) is 32.8 Å². The summed E-state index contributed by atoms with van der Waals surface area (Å²) in [5.74, 6) is -0.0662. The minimum Gasteiger partial charge on any atom is -0.492 e. The zero-order valence-electron chi connectivity index (χ0n) is 25.4. The van der Waals surface area contributed by atoms with Crippen molar-refractivity contribution in [3.63, 3.8) is 0 Å². The van der Waals surface area contributed by atoms with Crippen molar-refractivity contribution >= 4 is 20.9 Å². The van der Waals surface area contributed by atoms with Gasteiger partial charge in [0.2, 0.25) is 9.84 Å². The number of sulfone groups is 1. The molecule has 1 aromatic heterocycles. The highest BCUT2D eigenvalue weighted by molar-refractivity contribution is 7.91. The third-order valence-corrected chi connectivity index (χ3v) is 11.1. The molecule has 10 heteroatoms. The number of hydrogen-bond donors (Lipinski definition) is 1. The molecule has 1 atom stereocenters. The fraction of sp³-hybridized carbons (Fsp3) is 0.441. The van der Waals surface area contributed by atoms with Gasteiger partial charge in [0.25, 0.3) is 0 Å². The second kappa shape index (κ2) is 13.3. The Morgan fingerprint density at radius 2 is 1.68 bits per heavy atom. The van der Waals surface area contributed by atoms with Crippen LogP contribution in [0.5, 0.6) is 5.75 Å². The minimum atomic E-state index is -3.74. The topological polar surface area (TPSA) is 111 Å². The Labute approximate surface area is 259 Å². The molecule has 1 unspecified atom stereocenters. The monoisotopic (exact) mass is 618 g/mol. The van der Waals surface area contributed by atoms with Gasteiger partial charge >= 0.3 is 5.76 Å². The Bertz CT molecular complexity index is 1730. The summed E-state index contributed by atoms with van der Waals surface area (Å²) in [7, 11) is -3.74. The lowest BCUT2D eigenvalue weighted by atomic mass is 9.93. The Balaban J connectivity index is 1.07. The molecule has 0 spiro atoms. The number of nitrogens with two attached hydrogens (primary N) is 1. The third kappa shape index (κ3) is 6.49. The van der Waals surface area contributed by atoms with Crippen LogP contribution in [0.2, 0.25) is 0 Å². The molecule has 1 saturated carbocycles. The summed E-state index contributed by atoms with van der Waals surface area (Å²) in [5.41, 5.74) is 8.82. The van der Waals surface area contributed by atoms with E-state index in [9.17, 15) is 13.2 Å². The number of nitrogens with zero attached hydrogens (tertiary/aromatic N) is 3. The second-order valence-corrected chi connectivity index (χ2v) is 13.9. The molecule has 9 nitrogen and oxygen atoms in total. The van der Waals surface area contributed by atoms with E-state index in [1.807, 2.05) is 18.2 Å². The normalized spacial score (nSPS) is 18.0. The summed E-state index contributed by atoms with van der Waals surface area (Å²) in [6.07, 6.45) is 6.76. The van der Waals surface area contributed by atoms with E-state index in [1.165, 1.54) is 42.7 Å². The predicted octanol–water partition coefficient (Wildman–Crippen LogP) is 4.98. The van der Waals surface area contributed by atoms with Gasteiger partial charge in [-0.1, -0.05) is 43.5 Å². The summed E-state index contributed by atoms with van der Waals surface area (Å²) >= 11 is 0. The molecule has 1 saturated heterocycles. The van der Waals surface area contributed by atoms with Crippen molar-refractivity contribution in [3.8, 4) is 5.75 Å². The molecule has 0 amide bonds. The van der Waals surface area contributed by atoms with Crippen molar-refractivity contribution in [1.82, 2.24) is 14.4 Å². The van der Waals surface area contributed by atoms with Crippen LogP contribution in [0, 0.1) is 0 Å². The number of ether oxygens (including phenoxy) is 1. The van der Waals surface area contributed by atoms with E-state index in [1.54, 1.807) is 42.5 Å². The van der Waals surface area contributed by atoms with E-state index in [4.69, 9.17) is 14.9 Å². The molecule has 0 bridgehead atoms. The van der Waals surface area contributed by atoms with Gasteiger partial charge in [-0.25, -0.2) is 13.2 Å². The van der Waals surface area contributed by atoms with E-state index in [2.05, 4.69) is 16.7 Å². The van der Waals surface area contributed by atoms with Gasteiger partial charge < -0.3 is 14.9 Å². The van der Waals surface area contributed by atoms with Crippen molar-refractivity contribution in [2.45, 2.75) is 74.0 Å². The number of benzene rings is 3. The zero-order valence-corrected chi connectivity index (χ0v) is 26.2. The zero-order chi connectivity index (χ0) is 30.7. The second-order valence-electron chi connectivity index (χ2n) is 12.0. The van der Waals surface area contributed by atoms with E-state index in [0.29, 0.717) is 23.4 Å². The molecule has 2 heterocycles. The van der Waals surface area contributed by atoms with Gasteiger partial charge in [-0.2, -0.15) is 0 Å². The van der Waals surface area contributed by atoms with Crippen LogP contribution in [-0.2, 0) is 22.9 Å². The van der Waals surface area contributed by atoms with Crippen LogP contribution in [0.3, 0.4) is 0 Å². The Kier molecular flexibility index (Phi) is 9.23. The number of piperazine rings is 1. The molecule has 2 N–H and O–H groups in total. The van der Waals surface area contributed by atoms with E-state index >= 15 is 0 Å². The highest BCUT2D eigenvalue weighted by Gasteiger charge is 2.28. The van der Waals surface area contributed by atoms with Crippen LogP contribution in [0.25, 0.3) is 11.1 Å². The van der Waals surface area contributed by atoms with Crippen LogP contribution in [0.1, 0.15) is 56.2 Å². The number of hydrogen-bond acceptors (Lipinski definition) is 8. The Morgan fingerprint density at radius 1 is 0.932 bits per heavy atom. The molecule has 2 aliphatic rings. The molecule has 4 aromatic rings. The molecular weight excluding hydrogens is 576 g/mol. The molecule has 44 heavy (non-hydrogen) atoms. The van der Waals surface area contributed by atoms with Gasteiger partial charge in [0.05, 0.1) is 21.9 Å². The van der Waals surface area contributed by atoms with E-state index in [-0.39, 0.29) is 29.0 Å². The first-order valence-corrected chi connectivity index (χ1v) is 17.2. The van der Waals surface area contributed by atoms with Crippen molar-refractivity contribution < 1.29 is 17.6 Å². The van der Waals surface area contributed by atoms with Gasteiger partial charge in [0, 0.05) is 44.8 Å². The fourth-order valence-electron chi connectivity index (χ4n) is 6.64. The average molecular weight is 619 g/mol. The van der Waals surface area contributed by atoms with Crippen molar-refractivity contribution in [3.05, 3.63) is 88.4 Å². The van der Waals surface area contributed by atoms with Crippen LogP contribution in [0.15, 0.2) is 85.7 Å². The Morgan fingerprint density at radius 3 is 2.41 bits per heavy atom. The van der Waals surface area contributed by atoms with Gasteiger partial charge in [0.1, 0.15) is 12.4 Å². The highest BCUT2D eigenvalue weighted by atomic mass is 32.2. The summed E-state index contributed by atoms with van der Waals surface area (Å²) in [4.78, 5) is 18.0. The molecule has 234 valence electrons. The minimum absolute atomic E-state index is 0.162. The highest BCUT2D eigenvalue weighted by Crippen LogP contribution is 2.29. The van der Waals surface area contributed by atoms with Crippen LogP contribution in [0.4, 0.5) is 0 Å². The number of oxazole rings is 1. The molecular formula is C34H42N4O5S. The summed E-state index contributed by atoms with van der Waals surface area (Å²) in [6.45, 7) is 7.25. The quantitative estimate of drug-likeness (QED) is 0.265.